The summed E-state index contributed by atoms with van der Waals surface area (Å²) in [5.41, 5.74) is 0.671. The predicted molar refractivity (Wildman–Crippen MR) is 70.2 cm³/mol. The molecule has 1 aliphatic heterocycles. The van der Waals surface area contributed by atoms with E-state index in [0.717, 1.165) is 0 Å². The Balaban J connectivity index is 2.28. The number of fused-ring (bicyclic) bond motifs is 1. The molecule has 98 valence electrons. The number of carbonyl (C=O) groups is 1. The second kappa shape index (κ2) is 5.91. The van der Waals surface area contributed by atoms with Crippen LogP contribution in [0.3, 0.4) is 0 Å². The highest BCUT2D eigenvalue weighted by molar-refractivity contribution is 6.01. The molecule has 0 aliphatic carbocycles. The Hall–Kier alpha value is -2.48. The molecule has 1 heterocycles. The highest BCUT2D eigenvalue weighted by atomic mass is 16.6. The van der Waals surface area contributed by atoms with Gasteiger partial charge in [-0.1, -0.05) is 6.58 Å². The van der Waals surface area contributed by atoms with Crippen LogP contribution in [0.4, 0.5) is 5.69 Å². The number of ether oxygens (including phenoxy) is 2. The van der Waals surface area contributed by atoms with Gasteiger partial charge in [-0.2, -0.15) is 5.26 Å². The third-order valence-electron chi connectivity index (χ3n) is 2.73. The Morgan fingerprint density at radius 3 is 2.84 bits per heavy atom. The monoisotopic (exact) mass is 258 g/mol. The van der Waals surface area contributed by atoms with E-state index in [1.165, 1.54) is 11.0 Å². The topological polar surface area (TPSA) is 62.6 Å². The van der Waals surface area contributed by atoms with Gasteiger partial charge in [0.15, 0.2) is 11.5 Å². The molecule has 0 atom stereocenters. The summed E-state index contributed by atoms with van der Waals surface area (Å²) < 4.78 is 10.9. The molecule has 19 heavy (non-hydrogen) atoms. The summed E-state index contributed by atoms with van der Waals surface area (Å²) in [4.78, 5) is 13.3. The summed E-state index contributed by atoms with van der Waals surface area (Å²) in [7, 11) is 0. The fourth-order valence-corrected chi connectivity index (χ4v) is 1.84. The van der Waals surface area contributed by atoms with E-state index >= 15 is 0 Å². The lowest BCUT2D eigenvalue weighted by Crippen LogP contribution is -2.30. The van der Waals surface area contributed by atoms with Crippen LogP contribution in [-0.2, 0) is 4.79 Å². The first-order valence-corrected chi connectivity index (χ1v) is 5.97. The average molecular weight is 258 g/mol. The van der Waals surface area contributed by atoms with Crippen molar-refractivity contribution in [3.63, 3.8) is 0 Å². The van der Waals surface area contributed by atoms with Crippen molar-refractivity contribution in [2.24, 2.45) is 0 Å². The van der Waals surface area contributed by atoms with Crippen molar-refractivity contribution in [3.8, 4) is 17.6 Å². The van der Waals surface area contributed by atoms with Crippen LogP contribution in [0.1, 0.15) is 6.42 Å². The molecule has 0 fully saturated rings. The number of hydrogen-bond donors (Lipinski definition) is 0. The van der Waals surface area contributed by atoms with E-state index in [2.05, 4.69) is 6.58 Å². The molecule has 5 nitrogen and oxygen atoms in total. The zero-order chi connectivity index (χ0) is 13.7. The Kier molecular flexibility index (Phi) is 4.04. The molecule has 0 aromatic heterocycles. The predicted octanol–water partition coefficient (Wildman–Crippen LogP) is 1.89. The smallest absolute Gasteiger partial charge is 0.250 e. The van der Waals surface area contributed by atoms with Gasteiger partial charge in [0, 0.05) is 18.3 Å². The maximum atomic E-state index is 11.8. The van der Waals surface area contributed by atoms with E-state index in [9.17, 15) is 4.79 Å². The maximum Gasteiger partial charge on any atom is 0.250 e. The van der Waals surface area contributed by atoms with Gasteiger partial charge in [-0.25, -0.2) is 0 Å². The van der Waals surface area contributed by atoms with Crippen molar-refractivity contribution in [2.45, 2.75) is 6.42 Å². The Morgan fingerprint density at radius 2 is 2.16 bits per heavy atom. The Labute approximate surface area is 111 Å². The van der Waals surface area contributed by atoms with Gasteiger partial charge in [0.2, 0.25) is 5.91 Å². The van der Waals surface area contributed by atoms with E-state index in [1.807, 2.05) is 6.07 Å². The highest BCUT2D eigenvalue weighted by Crippen LogP contribution is 2.34. The fraction of sp³-hybridized carbons (Fsp3) is 0.286. The normalized spacial score (nSPS) is 12.4. The molecule has 0 saturated heterocycles. The van der Waals surface area contributed by atoms with Crippen LogP contribution in [0.25, 0.3) is 0 Å². The zero-order valence-electron chi connectivity index (χ0n) is 10.5. The first-order chi connectivity index (χ1) is 9.26. The largest absolute Gasteiger partial charge is 0.486 e. The fourth-order valence-electron chi connectivity index (χ4n) is 1.84. The minimum Gasteiger partial charge on any atom is -0.486 e. The number of amides is 1. The summed E-state index contributed by atoms with van der Waals surface area (Å²) in [6.45, 7) is 4.81. The van der Waals surface area contributed by atoms with Gasteiger partial charge in [0.25, 0.3) is 0 Å². The van der Waals surface area contributed by atoms with Crippen molar-refractivity contribution >= 4 is 11.6 Å². The van der Waals surface area contributed by atoms with Gasteiger partial charge in [0.1, 0.15) is 13.2 Å². The summed E-state index contributed by atoms with van der Waals surface area (Å²) in [5, 5.41) is 8.65. The number of anilines is 1. The minimum atomic E-state index is -0.244. The molecule has 0 saturated carbocycles. The number of carbonyl (C=O) groups excluding carboxylic acids is 1. The number of hydrogen-bond acceptors (Lipinski definition) is 4. The molecule has 1 aromatic carbocycles. The van der Waals surface area contributed by atoms with E-state index in [-0.39, 0.29) is 12.3 Å². The molecule has 0 N–H and O–H groups in total. The molecule has 2 rings (SSSR count). The van der Waals surface area contributed by atoms with Crippen molar-refractivity contribution in [3.05, 3.63) is 30.9 Å². The molecule has 0 bridgehead atoms. The molecular weight excluding hydrogens is 244 g/mol. The molecule has 1 aliphatic rings. The van der Waals surface area contributed by atoms with Crippen LogP contribution in [0.2, 0.25) is 0 Å². The van der Waals surface area contributed by atoms with Gasteiger partial charge in [-0.05, 0) is 18.2 Å². The van der Waals surface area contributed by atoms with Crippen molar-refractivity contribution in [1.29, 1.82) is 5.26 Å². The van der Waals surface area contributed by atoms with Crippen LogP contribution in [0, 0.1) is 11.3 Å². The first-order valence-electron chi connectivity index (χ1n) is 5.97. The molecule has 1 amide bonds. The molecule has 5 heteroatoms. The van der Waals surface area contributed by atoms with Crippen LogP contribution in [0.5, 0.6) is 11.5 Å². The van der Waals surface area contributed by atoms with Crippen molar-refractivity contribution in [2.75, 3.05) is 24.7 Å². The summed E-state index contributed by atoms with van der Waals surface area (Å²) in [5.74, 6) is 1.04. The van der Waals surface area contributed by atoms with E-state index in [1.54, 1.807) is 18.2 Å². The van der Waals surface area contributed by atoms with Crippen LogP contribution in [-0.4, -0.2) is 25.7 Å². The van der Waals surface area contributed by atoms with E-state index in [0.29, 0.717) is 36.9 Å². The average Bonchev–Trinajstić information content (AvgIpc) is 2.47. The molecule has 0 radical (unpaired) electrons. The van der Waals surface area contributed by atoms with Crippen molar-refractivity contribution in [1.82, 2.24) is 0 Å². The van der Waals surface area contributed by atoms with Gasteiger partial charge < -0.3 is 14.4 Å². The van der Waals surface area contributed by atoms with Crippen LogP contribution < -0.4 is 14.4 Å². The quantitative estimate of drug-likeness (QED) is 0.774. The van der Waals surface area contributed by atoms with Crippen LogP contribution >= 0.6 is 0 Å². The number of nitrogens with zero attached hydrogens (tertiary/aromatic N) is 2. The lowest BCUT2D eigenvalue weighted by atomic mass is 10.2. The summed E-state index contributed by atoms with van der Waals surface area (Å²) in [6, 6.07) is 7.30. The van der Waals surface area contributed by atoms with E-state index < -0.39 is 0 Å². The summed E-state index contributed by atoms with van der Waals surface area (Å²) >= 11 is 0. The van der Waals surface area contributed by atoms with Gasteiger partial charge >= 0.3 is 0 Å². The van der Waals surface area contributed by atoms with Gasteiger partial charge in [0.05, 0.1) is 12.5 Å². The zero-order valence-corrected chi connectivity index (χ0v) is 10.5. The Morgan fingerprint density at radius 1 is 1.42 bits per heavy atom. The lowest BCUT2D eigenvalue weighted by molar-refractivity contribution is -0.114. The molecule has 0 spiro atoms. The third kappa shape index (κ3) is 2.86. The molecular formula is C14H14N2O3. The Bertz CT molecular complexity index is 534. The minimum absolute atomic E-state index is 0.244. The second-order valence-corrected chi connectivity index (χ2v) is 3.93. The SMILES string of the molecule is C=CC(=O)N(CCC#N)c1ccc2c(c1)OCCO2. The lowest BCUT2D eigenvalue weighted by Gasteiger charge is -2.23. The van der Waals surface area contributed by atoms with Gasteiger partial charge in [-0.15, -0.1) is 0 Å². The standard InChI is InChI=1S/C14H14N2O3/c1-2-14(17)16(7-3-6-15)11-4-5-12-13(10-11)19-9-8-18-12/h2,4-5,10H,1,3,7-9H2. The number of rotatable bonds is 4. The first kappa shape index (κ1) is 13.0. The van der Waals surface area contributed by atoms with Crippen LogP contribution in [0.15, 0.2) is 30.9 Å². The molecule has 1 aromatic rings. The van der Waals surface area contributed by atoms with Crippen molar-refractivity contribution < 1.29 is 14.3 Å². The summed E-state index contributed by atoms with van der Waals surface area (Å²) in [6.07, 6.45) is 1.49. The van der Waals surface area contributed by atoms with E-state index in [4.69, 9.17) is 14.7 Å². The van der Waals surface area contributed by atoms with Gasteiger partial charge in [-0.3, -0.25) is 4.79 Å². The number of benzene rings is 1. The highest BCUT2D eigenvalue weighted by Gasteiger charge is 2.17. The second-order valence-electron chi connectivity index (χ2n) is 3.93. The maximum absolute atomic E-state index is 11.8. The molecule has 0 unspecified atom stereocenters. The number of nitriles is 1. The third-order valence-corrected chi connectivity index (χ3v) is 2.73.